The number of rotatable bonds is 6. The lowest BCUT2D eigenvalue weighted by Gasteiger charge is -2.24. The van der Waals surface area contributed by atoms with Gasteiger partial charge in [-0.05, 0) is 24.6 Å². The third-order valence-corrected chi connectivity index (χ3v) is 7.04. The minimum atomic E-state index is -1.61. The lowest BCUT2D eigenvalue weighted by atomic mass is 10.2. The Kier molecular flexibility index (Phi) is 5.50. The minimum Gasteiger partial charge on any atom is -0.413 e. The van der Waals surface area contributed by atoms with Crippen molar-refractivity contribution in [1.82, 2.24) is 0 Å². The second kappa shape index (κ2) is 6.66. The molecule has 0 saturated carbocycles. The van der Waals surface area contributed by atoms with Crippen molar-refractivity contribution in [2.24, 2.45) is 0 Å². The predicted molar refractivity (Wildman–Crippen MR) is 73.8 cm³/mol. The highest BCUT2D eigenvalue weighted by Gasteiger charge is 2.26. The van der Waals surface area contributed by atoms with Gasteiger partial charge in [-0.3, -0.25) is 0 Å². The number of benzene rings is 1. The average Bonchev–Trinajstić information content (AvgIpc) is 2.36. The van der Waals surface area contributed by atoms with Crippen LogP contribution in [0.4, 0.5) is 0 Å². The van der Waals surface area contributed by atoms with Gasteiger partial charge in [-0.25, -0.2) is 0 Å². The summed E-state index contributed by atoms with van der Waals surface area (Å²) < 4.78 is 6.00. The zero-order chi connectivity index (χ0) is 11.9. The first-order valence-electron chi connectivity index (χ1n) is 6.14. The molecule has 1 aromatic carbocycles. The lowest BCUT2D eigenvalue weighted by Crippen LogP contribution is -2.34. The smallest absolute Gasteiger partial charge is 0.216 e. The first-order chi connectivity index (χ1) is 7.76. The maximum absolute atomic E-state index is 6.00. The summed E-state index contributed by atoms with van der Waals surface area (Å²) >= 11 is 0. The van der Waals surface area contributed by atoms with E-state index in [1.165, 1.54) is 5.56 Å². The highest BCUT2D eigenvalue weighted by atomic mass is 28.4. The van der Waals surface area contributed by atoms with Gasteiger partial charge in [0.05, 0.1) is 0 Å². The van der Waals surface area contributed by atoms with Gasteiger partial charge in [0, 0.05) is 6.61 Å². The third kappa shape index (κ3) is 3.61. The minimum absolute atomic E-state index is 0.826. The summed E-state index contributed by atoms with van der Waals surface area (Å²) in [5.41, 5.74) is 3.60. The molecule has 1 nitrogen and oxygen atoms in total. The highest BCUT2D eigenvalue weighted by molar-refractivity contribution is 6.79. The molecule has 0 saturated heterocycles. The fourth-order valence-corrected chi connectivity index (χ4v) is 4.38. The number of hydrogen-bond acceptors (Lipinski definition) is 1. The molecule has 2 heteroatoms. The molecular formula is C14H22OSi. The summed E-state index contributed by atoms with van der Waals surface area (Å²) in [6, 6.07) is 12.8. The van der Waals surface area contributed by atoms with Crippen molar-refractivity contribution in [1.29, 1.82) is 0 Å². The first kappa shape index (κ1) is 13.2. The van der Waals surface area contributed by atoms with Gasteiger partial charge >= 0.3 is 0 Å². The summed E-state index contributed by atoms with van der Waals surface area (Å²) in [6.07, 6.45) is 2.22. The molecule has 0 radical (unpaired) electrons. The van der Waals surface area contributed by atoms with Crippen molar-refractivity contribution in [3.8, 4) is 0 Å². The van der Waals surface area contributed by atoms with Crippen LogP contribution in [0.3, 0.4) is 0 Å². The number of hydrogen-bond donors (Lipinski definition) is 0. The van der Waals surface area contributed by atoms with Gasteiger partial charge < -0.3 is 4.43 Å². The van der Waals surface area contributed by atoms with E-state index >= 15 is 0 Å². The van der Waals surface area contributed by atoms with E-state index in [0.29, 0.717) is 0 Å². The molecule has 88 valence electrons. The Labute approximate surface area is 100 Å². The van der Waals surface area contributed by atoms with E-state index in [-0.39, 0.29) is 0 Å². The molecule has 0 bridgehead atoms. The van der Waals surface area contributed by atoms with E-state index < -0.39 is 8.32 Å². The highest BCUT2D eigenvalue weighted by Crippen LogP contribution is 2.19. The van der Waals surface area contributed by atoms with Gasteiger partial charge in [-0.1, -0.05) is 56.0 Å². The normalized spacial score (nSPS) is 12.2. The van der Waals surface area contributed by atoms with Crippen LogP contribution < -0.4 is 0 Å². The molecule has 16 heavy (non-hydrogen) atoms. The van der Waals surface area contributed by atoms with Gasteiger partial charge in [0.2, 0.25) is 8.32 Å². The van der Waals surface area contributed by atoms with E-state index in [9.17, 15) is 0 Å². The van der Waals surface area contributed by atoms with Crippen molar-refractivity contribution in [3.05, 3.63) is 41.6 Å². The molecule has 0 atom stereocenters. The zero-order valence-electron chi connectivity index (χ0n) is 10.6. The van der Waals surface area contributed by atoms with E-state index in [2.05, 4.69) is 56.8 Å². The standard InChI is InChI=1S/C14H22OSi/c1-4-15-16(5-2,6-3)13-12-14-10-8-7-9-11-14/h7-13H,4-6H2,1-3H3. The Morgan fingerprint density at radius 3 is 2.19 bits per heavy atom. The largest absolute Gasteiger partial charge is 0.413 e. The Morgan fingerprint density at radius 2 is 1.69 bits per heavy atom. The van der Waals surface area contributed by atoms with Crippen molar-refractivity contribution >= 4 is 14.4 Å². The van der Waals surface area contributed by atoms with Gasteiger partial charge in [0.15, 0.2) is 0 Å². The molecule has 0 aromatic heterocycles. The molecule has 1 rings (SSSR count). The van der Waals surface area contributed by atoms with Crippen LogP contribution in [0.25, 0.3) is 6.08 Å². The summed E-state index contributed by atoms with van der Waals surface area (Å²) in [7, 11) is -1.61. The van der Waals surface area contributed by atoms with Crippen LogP contribution in [0.1, 0.15) is 26.3 Å². The van der Waals surface area contributed by atoms with Gasteiger partial charge in [0.1, 0.15) is 0 Å². The molecular weight excluding hydrogens is 212 g/mol. The van der Waals surface area contributed by atoms with Crippen LogP contribution >= 0.6 is 0 Å². The zero-order valence-corrected chi connectivity index (χ0v) is 11.6. The molecule has 1 aromatic rings. The maximum atomic E-state index is 6.00. The molecule has 0 aliphatic carbocycles. The predicted octanol–water partition coefficient (Wildman–Crippen LogP) is 4.26. The molecule has 0 fully saturated rings. The summed E-state index contributed by atoms with van der Waals surface area (Å²) in [5, 5.41) is 0. The van der Waals surface area contributed by atoms with Crippen molar-refractivity contribution < 1.29 is 4.43 Å². The Hall–Kier alpha value is -0.863. The summed E-state index contributed by atoms with van der Waals surface area (Å²) in [5.74, 6) is 0. The van der Waals surface area contributed by atoms with Crippen LogP contribution in [-0.4, -0.2) is 14.9 Å². The SMILES string of the molecule is CCO[Si](C=Cc1ccccc1)(CC)CC. The second-order valence-electron chi connectivity index (χ2n) is 3.95. The van der Waals surface area contributed by atoms with Crippen LogP contribution in [0, 0.1) is 0 Å². The van der Waals surface area contributed by atoms with Crippen LogP contribution in [-0.2, 0) is 4.43 Å². The van der Waals surface area contributed by atoms with Crippen LogP contribution in [0.5, 0.6) is 0 Å². The summed E-state index contributed by atoms with van der Waals surface area (Å²) in [6.45, 7) is 7.39. The fourth-order valence-electron chi connectivity index (χ4n) is 1.84. The topological polar surface area (TPSA) is 9.23 Å². The molecule has 0 spiro atoms. The van der Waals surface area contributed by atoms with Gasteiger partial charge in [-0.2, -0.15) is 0 Å². The molecule has 0 amide bonds. The first-order valence-corrected chi connectivity index (χ1v) is 8.54. The Bertz CT molecular complexity index is 315. The van der Waals surface area contributed by atoms with Gasteiger partial charge in [0.25, 0.3) is 0 Å². The van der Waals surface area contributed by atoms with Gasteiger partial charge in [-0.15, -0.1) is 0 Å². The lowest BCUT2D eigenvalue weighted by molar-refractivity contribution is 0.329. The van der Waals surface area contributed by atoms with E-state index in [0.717, 1.165) is 18.7 Å². The second-order valence-corrected chi connectivity index (χ2v) is 8.11. The molecule has 0 heterocycles. The maximum Gasteiger partial charge on any atom is 0.216 e. The third-order valence-electron chi connectivity index (χ3n) is 3.01. The Morgan fingerprint density at radius 1 is 1.06 bits per heavy atom. The van der Waals surface area contributed by atoms with E-state index in [4.69, 9.17) is 4.43 Å². The van der Waals surface area contributed by atoms with E-state index in [1.54, 1.807) is 0 Å². The summed E-state index contributed by atoms with van der Waals surface area (Å²) in [4.78, 5) is 0. The van der Waals surface area contributed by atoms with Crippen LogP contribution in [0.2, 0.25) is 12.1 Å². The quantitative estimate of drug-likeness (QED) is 0.668. The Balaban J connectivity index is 2.79. The van der Waals surface area contributed by atoms with Crippen molar-refractivity contribution in [3.63, 3.8) is 0 Å². The molecule has 0 aliphatic rings. The monoisotopic (exact) mass is 234 g/mol. The molecule has 0 N–H and O–H groups in total. The van der Waals surface area contributed by atoms with Crippen molar-refractivity contribution in [2.45, 2.75) is 32.9 Å². The van der Waals surface area contributed by atoms with E-state index in [1.807, 2.05) is 6.07 Å². The average molecular weight is 234 g/mol. The fraction of sp³-hybridized carbons (Fsp3) is 0.429. The van der Waals surface area contributed by atoms with Crippen molar-refractivity contribution in [2.75, 3.05) is 6.61 Å². The molecule has 0 aliphatic heterocycles. The van der Waals surface area contributed by atoms with Crippen LogP contribution in [0.15, 0.2) is 36.0 Å². The molecule has 0 unspecified atom stereocenters.